The third-order valence-electron chi connectivity index (χ3n) is 1.85. The Bertz CT molecular complexity index is 169. The Labute approximate surface area is 71.8 Å². The smallest absolute Gasteiger partial charge is 0.246 e. The number of halogens is 1. The van der Waals surface area contributed by atoms with Crippen LogP contribution in [-0.2, 0) is 4.79 Å². The molecule has 1 fully saturated rings. The summed E-state index contributed by atoms with van der Waals surface area (Å²) in [5, 5.41) is 0.132. The highest BCUT2D eigenvalue weighted by molar-refractivity contribution is 6.21. The molecule has 0 radical (unpaired) electrons. The summed E-state index contributed by atoms with van der Waals surface area (Å²) in [6, 6.07) is 0. The van der Waals surface area contributed by atoms with Gasteiger partial charge in [-0.3, -0.25) is 4.79 Å². The van der Waals surface area contributed by atoms with Gasteiger partial charge < -0.3 is 4.90 Å². The Hall–Kier alpha value is -0.500. The summed E-state index contributed by atoms with van der Waals surface area (Å²) in [6.45, 7) is 4.93. The van der Waals surface area contributed by atoms with Gasteiger partial charge in [-0.1, -0.05) is 6.58 Å². The van der Waals surface area contributed by atoms with Gasteiger partial charge in [0.1, 0.15) is 0 Å². The lowest BCUT2D eigenvalue weighted by atomic mass is 10.1. The van der Waals surface area contributed by atoms with Crippen LogP contribution in [0.1, 0.15) is 12.8 Å². The van der Waals surface area contributed by atoms with Crippen molar-refractivity contribution in [2.45, 2.75) is 18.2 Å². The minimum Gasteiger partial charge on any atom is -0.338 e. The van der Waals surface area contributed by atoms with E-state index >= 15 is 0 Å². The first-order chi connectivity index (χ1) is 5.24. The monoisotopic (exact) mass is 173 g/mol. The summed E-state index contributed by atoms with van der Waals surface area (Å²) in [5.74, 6) is -0.00431. The fourth-order valence-electron chi connectivity index (χ4n) is 1.25. The van der Waals surface area contributed by atoms with E-state index in [9.17, 15) is 4.79 Å². The fourth-order valence-corrected chi connectivity index (χ4v) is 1.58. The van der Waals surface area contributed by atoms with Crippen LogP contribution in [0.5, 0.6) is 0 Å². The molecule has 0 unspecified atom stereocenters. The van der Waals surface area contributed by atoms with E-state index in [0.717, 1.165) is 19.4 Å². The van der Waals surface area contributed by atoms with Crippen molar-refractivity contribution in [2.75, 3.05) is 13.1 Å². The maximum absolute atomic E-state index is 11.1. The fraction of sp³-hybridized carbons (Fsp3) is 0.625. The van der Waals surface area contributed by atoms with E-state index in [1.165, 1.54) is 6.08 Å². The van der Waals surface area contributed by atoms with E-state index in [1.807, 2.05) is 0 Å². The zero-order valence-corrected chi connectivity index (χ0v) is 7.18. The second-order valence-corrected chi connectivity index (χ2v) is 3.35. The van der Waals surface area contributed by atoms with Crippen LogP contribution in [0.4, 0.5) is 0 Å². The minimum absolute atomic E-state index is 0.00431. The van der Waals surface area contributed by atoms with Crippen LogP contribution in [-0.4, -0.2) is 29.3 Å². The van der Waals surface area contributed by atoms with E-state index in [1.54, 1.807) is 4.90 Å². The molecule has 3 heteroatoms. The van der Waals surface area contributed by atoms with Crippen molar-refractivity contribution >= 4 is 17.5 Å². The molecule has 1 saturated heterocycles. The molecule has 2 nitrogen and oxygen atoms in total. The second-order valence-electron chi connectivity index (χ2n) is 2.73. The van der Waals surface area contributed by atoms with Gasteiger partial charge in [-0.05, 0) is 18.9 Å². The number of hydrogen-bond acceptors (Lipinski definition) is 1. The van der Waals surface area contributed by atoms with Crippen LogP contribution < -0.4 is 0 Å². The zero-order valence-electron chi connectivity index (χ0n) is 6.42. The number of rotatable bonds is 1. The number of nitrogens with zero attached hydrogens (tertiary/aromatic N) is 1. The molecule has 0 aromatic rings. The summed E-state index contributed by atoms with van der Waals surface area (Å²) >= 11 is 5.88. The van der Waals surface area contributed by atoms with E-state index in [2.05, 4.69) is 6.58 Å². The van der Waals surface area contributed by atoms with Crippen LogP contribution in [0.15, 0.2) is 12.7 Å². The van der Waals surface area contributed by atoms with Gasteiger partial charge in [0.2, 0.25) is 5.91 Å². The van der Waals surface area contributed by atoms with Gasteiger partial charge in [0, 0.05) is 13.1 Å². The molecule has 0 aromatic carbocycles. The molecule has 0 bridgehead atoms. The minimum atomic E-state index is -0.00431. The Morgan fingerprint density at radius 2 is 2.45 bits per heavy atom. The van der Waals surface area contributed by atoms with Gasteiger partial charge in [0.25, 0.3) is 0 Å². The third-order valence-corrected chi connectivity index (χ3v) is 2.21. The molecule has 11 heavy (non-hydrogen) atoms. The zero-order chi connectivity index (χ0) is 8.27. The van der Waals surface area contributed by atoms with Crippen molar-refractivity contribution in [2.24, 2.45) is 0 Å². The van der Waals surface area contributed by atoms with Gasteiger partial charge in [-0.15, -0.1) is 11.6 Å². The molecule has 1 heterocycles. The predicted octanol–water partition coefficient (Wildman–Crippen LogP) is 1.40. The molecule has 0 aliphatic carbocycles. The molecule has 1 rings (SSSR count). The molecule has 0 spiro atoms. The number of hydrogen-bond donors (Lipinski definition) is 0. The van der Waals surface area contributed by atoms with Gasteiger partial charge in [0.05, 0.1) is 5.38 Å². The van der Waals surface area contributed by atoms with E-state index < -0.39 is 0 Å². The van der Waals surface area contributed by atoms with Gasteiger partial charge in [-0.2, -0.15) is 0 Å². The largest absolute Gasteiger partial charge is 0.338 e. The van der Waals surface area contributed by atoms with E-state index in [0.29, 0.717) is 6.54 Å². The Morgan fingerprint density at radius 3 is 3.00 bits per heavy atom. The maximum Gasteiger partial charge on any atom is 0.246 e. The lowest BCUT2D eigenvalue weighted by molar-refractivity contribution is -0.126. The Balaban J connectivity index is 2.45. The normalized spacial score (nSPS) is 24.8. The molecular weight excluding hydrogens is 162 g/mol. The molecule has 62 valence electrons. The molecule has 0 saturated carbocycles. The van der Waals surface area contributed by atoms with Crippen molar-refractivity contribution in [1.29, 1.82) is 0 Å². The van der Waals surface area contributed by atoms with Crippen LogP contribution in [0.25, 0.3) is 0 Å². The molecule has 1 aliphatic heterocycles. The average Bonchev–Trinajstić information content (AvgIpc) is 2.03. The van der Waals surface area contributed by atoms with Crippen LogP contribution in [0.3, 0.4) is 0 Å². The van der Waals surface area contributed by atoms with Gasteiger partial charge >= 0.3 is 0 Å². The summed E-state index contributed by atoms with van der Waals surface area (Å²) in [4.78, 5) is 12.8. The highest BCUT2D eigenvalue weighted by Gasteiger charge is 2.19. The number of likely N-dealkylation sites (tertiary alicyclic amines) is 1. The molecular formula is C8H12ClNO. The van der Waals surface area contributed by atoms with Crippen LogP contribution in [0.2, 0.25) is 0 Å². The number of carbonyl (C=O) groups excluding carboxylic acids is 1. The number of piperidine rings is 1. The average molecular weight is 174 g/mol. The SMILES string of the molecule is C=CC(=O)N1CCC[C@H](Cl)C1. The van der Waals surface area contributed by atoms with Crippen molar-refractivity contribution < 1.29 is 4.79 Å². The number of alkyl halides is 1. The molecule has 1 amide bonds. The first kappa shape index (κ1) is 8.60. The highest BCUT2D eigenvalue weighted by Crippen LogP contribution is 2.14. The highest BCUT2D eigenvalue weighted by atomic mass is 35.5. The quantitative estimate of drug-likeness (QED) is 0.434. The lowest BCUT2D eigenvalue weighted by Crippen LogP contribution is -2.39. The van der Waals surface area contributed by atoms with E-state index in [4.69, 9.17) is 11.6 Å². The molecule has 1 aliphatic rings. The first-order valence-electron chi connectivity index (χ1n) is 3.79. The summed E-state index contributed by atoms with van der Waals surface area (Å²) in [5.41, 5.74) is 0. The van der Waals surface area contributed by atoms with Gasteiger partial charge in [0.15, 0.2) is 0 Å². The Morgan fingerprint density at radius 1 is 1.73 bits per heavy atom. The molecule has 1 atom stereocenters. The topological polar surface area (TPSA) is 20.3 Å². The predicted molar refractivity (Wildman–Crippen MR) is 45.7 cm³/mol. The lowest BCUT2D eigenvalue weighted by Gasteiger charge is -2.28. The van der Waals surface area contributed by atoms with Crippen LogP contribution >= 0.6 is 11.6 Å². The molecule has 0 aromatic heterocycles. The molecule has 0 N–H and O–H groups in total. The van der Waals surface area contributed by atoms with Crippen molar-refractivity contribution in [3.63, 3.8) is 0 Å². The summed E-state index contributed by atoms with van der Waals surface area (Å²) in [7, 11) is 0. The number of amides is 1. The second kappa shape index (κ2) is 3.77. The van der Waals surface area contributed by atoms with Gasteiger partial charge in [-0.25, -0.2) is 0 Å². The van der Waals surface area contributed by atoms with Crippen molar-refractivity contribution in [1.82, 2.24) is 4.90 Å². The van der Waals surface area contributed by atoms with Crippen LogP contribution in [0, 0.1) is 0 Å². The van der Waals surface area contributed by atoms with Crippen molar-refractivity contribution in [3.8, 4) is 0 Å². The first-order valence-corrected chi connectivity index (χ1v) is 4.23. The van der Waals surface area contributed by atoms with Crippen molar-refractivity contribution in [3.05, 3.63) is 12.7 Å². The Kier molecular flexibility index (Phi) is 2.94. The summed E-state index contributed by atoms with van der Waals surface area (Å²) < 4.78 is 0. The standard InChI is InChI=1S/C8H12ClNO/c1-2-8(11)10-5-3-4-7(9)6-10/h2,7H,1,3-6H2/t7-/m0/s1. The summed E-state index contributed by atoms with van der Waals surface area (Å²) in [6.07, 6.45) is 3.37. The maximum atomic E-state index is 11.1. The van der Waals surface area contributed by atoms with E-state index in [-0.39, 0.29) is 11.3 Å². The third kappa shape index (κ3) is 2.22. The number of carbonyl (C=O) groups is 1.